The van der Waals surface area contributed by atoms with Gasteiger partial charge in [0.25, 0.3) is 8.32 Å². The summed E-state index contributed by atoms with van der Waals surface area (Å²) in [6.45, 7) is 12.2. The Labute approximate surface area is 214 Å². The van der Waals surface area contributed by atoms with Gasteiger partial charge in [-0.25, -0.2) is 4.39 Å². The highest BCUT2D eigenvalue weighted by molar-refractivity contribution is 6.99. The van der Waals surface area contributed by atoms with E-state index in [-0.39, 0.29) is 28.9 Å². The van der Waals surface area contributed by atoms with Gasteiger partial charge in [0.2, 0.25) is 0 Å². The van der Waals surface area contributed by atoms with Gasteiger partial charge in [0, 0.05) is 13.1 Å². The first-order chi connectivity index (χ1) is 16.6. The van der Waals surface area contributed by atoms with Crippen molar-refractivity contribution < 1.29 is 13.6 Å². The number of nitrogens with zero attached hydrogens (tertiary/aromatic N) is 2. The van der Waals surface area contributed by atoms with Crippen molar-refractivity contribution in [1.29, 1.82) is 0 Å². The lowest BCUT2D eigenvalue weighted by Gasteiger charge is -2.43. The molecule has 1 saturated heterocycles. The molecule has 7 heteroatoms. The van der Waals surface area contributed by atoms with Crippen LogP contribution in [0.25, 0.3) is 0 Å². The van der Waals surface area contributed by atoms with Crippen LogP contribution in [0.1, 0.15) is 40.3 Å². The van der Waals surface area contributed by atoms with Gasteiger partial charge in [0.15, 0.2) is 5.82 Å². The maximum Gasteiger partial charge on any atom is 0.261 e. The van der Waals surface area contributed by atoms with Crippen LogP contribution in [0, 0.1) is 5.82 Å². The van der Waals surface area contributed by atoms with E-state index in [1.54, 1.807) is 0 Å². The Morgan fingerprint density at radius 3 is 2.00 bits per heavy atom. The fourth-order valence-corrected chi connectivity index (χ4v) is 10.0. The number of aromatic nitrogens is 1. The van der Waals surface area contributed by atoms with Gasteiger partial charge in [-0.3, -0.25) is 4.98 Å². The van der Waals surface area contributed by atoms with Crippen LogP contribution in [0.15, 0.2) is 66.9 Å². The van der Waals surface area contributed by atoms with Crippen molar-refractivity contribution in [2.75, 3.05) is 18.0 Å². The van der Waals surface area contributed by atoms with E-state index in [9.17, 15) is 4.39 Å². The molecule has 4 nitrogen and oxygen atoms in total. The SMILES string of the molecule is CC1CN(c2c(CO[Si](c3ccccc3)(c3ccccc3)C(C)(C)C)ncc(F)c2Cl)CC(C)O1. The van der Waals surface area contributed by atoms with Crippen molar-refractivity contribution in [3.63, 3.8) is 0 Å². The van der Waals surface area contributed by atoms with Crippen LogP contribution >= 0.6 is 11.6 Å². The fourth-order valence-electron chi connectivity index (χ4n) is 5.22. The van der Waals surface area contributed by atoms with Gasteiger partial charge in [-0.1, -0.05) is 93.0 Å². The van der Waals surface area contributed by atoms with E-state index in [2.05, 4.69) is 79.2 Å². The summed E-state index contributed by atoms with van der Waals surface area (Å²) in [6.07, 6.45) is 1.20. The largest absolute Gasteiger partial charge is 0.401 e. The number of hydrogen-bond donors (Lipinski definition) is 0. The Kier molecular flexibility index (Phi) is 7.67. The monoisotopic (exact) mass is 512 g/mol. The first-order valence-electron chi connectivity index (χ1n) is 12.1. The second-order valence-electron chi connectivity index (χ2n) is 10.3. The molecule has 35 heavy (non-hydrogen) atoms. The Morgan fingerprint density at radius 2 is 1.51 bits per heavy atom. The third-order valence-corrected chi connectivity index (χ3v) is 11.9. The first kappa shape index (κ1) is 25.8. The molecule has 1 aromatic heterocycles. The zero-order valence-corrected chi connectivity index (χ0v) is 22.8. The molecule has 0 N–H and O–H groups in total. The van der Waals surface area contributed by atoms with Gasteiger partial charge in [-0.05, 0) is 29.3 Å². The second kappa shape index (κ2) is 10.4. The highest BCUT2D eigenvalue weighted by Crippen LogP contribution is 2.39. The Balaban J connectivity index is 1.80. The number of pyridine rings is 1. The summed E-state index contributed by atoms with van der Waals surface area (Å²) in [6, 6.07) is 20.9. The minimum Gasteiger partial charge on any atom is -0.401 e. The molecule has 186 valence electrons. The second-order valence-corrected chi connectivity index (χ2v) is 15.0. The van der Waals surface area contributed by atoms with E-state index in [0.717, 1.165) is 0 Å². The molecule has 1 aliphatic rings. The predicted molar refractivity (Wildman–Crippen MR) is 144 cm³/mol. The zero-order chi connectivity index (χ0) is 25.2. The van der Waals surface area contributed by atoms with Gasteiger partial charge >= 0.3 is 0 Å². The zero-order valence-electron chi connectivity index (χ0n) is 21.1. The quantitative estimate of drug-likeness (QED) is 0.405. The smallest absolute Gasteiger partial charge is 0.261 e. The molecule has 0 radical (unpaired) electrons. The van der Waals surface area contributed by atoms with Gasteiger partial charge < -0.3 is 14.1 Å². The normalized spacial score (nSPS) is 19.1. The van der Waals surface area contributed by atoms with Crippen LogP contribution in [0.2, 0.25) is 10.1 Å². The van der Waals surface area contributed by atoms with Crippen LogP contribution in [-0.2, 0) is 15.8 Å². The van der Waals surface area contributed by atoms with E-state index in [1.807, 2.05) is 26.0 Å². The van der Waals surface area contributed by atoms with Crippen molar-refractivity contribution in [3.05, 3.63) is 83.4 Å². The van der Waals surface area contributed by atoms with Crippen molar-refractivity contribution in [2.24, 2.45) is 0 Å². The molecule has 2 heterocycles. The molecule has 0 saturated carbocycles. The van der Waals surface area contributed by atoms with Gasteiger partial charge in [-0.2, -0.15) is 0 Å². The Bertz CT molecular complexity index is 1090. The highest BCUT2D eigenvalue weighted by Gasteiger charge is 2.50. The van der Waals surface area contributed by atoms with Crippen molar-refractivity contribution in [3.8, 4) is 0 Å². The maximum atomic E-state index is 14.6. The van der Waals surface area contributed by atoms with Crippen LogP contribution in [0.4, 0.5) is 10.1 Å². The topological polar surface area (TPSA) is 34.6 Å². The minimum absolute atomic E-state index is 0.00327. The van der Waals surface area contributed by atoms with E-state index in [1.165, 1.54) is 16.6 Å². The first-order valence-corrected chi connectivity index (χ1v) is 14.4. The van der Waals surface area contributed by atoms with Gasteiger partial charge in [-0.15, -0.1) is 0 Å². The Morgan fingerprint density at radius 1 is 1.00 bits per heavy atom. The summed E-state index contributed by atoms with van der Waals surface area (Å²) < 4.78 is 27.6. The number of hydrogen-bond acceptors (Lipinski definition) is 4. The fraction of sp³-hybridized carbons (Fsp3) is 0.393. The number of morpholine rings is 1. The molecular weight excluding hydrogens is 479 g/mol. The average Bonchev–Trinajstić information content (AvgIpc) is 2.81. The summed E-state index contributed by atoms with van der Waals surface area (Å²) in [7, 11) is -2.78. The van der Waals surface area contributed by atoms with E-state index in [0.29, 0.717) is 24.5 Å². The number of halogens is 2. The van der Waals surface area contributed by atoms with Gasteiger partial charge in [0.1, 0.15) is 5.02 Å². The average molecular weight is 513 g/mol. The third-order valence-electron chi connectivity index (χ3n) is 6.60. The van der Waals surface area contributed by atoms with E-state index >= 15 is 0 Å². The van der Waals surface area contributed by atoms with Crippen LogP contribution in [0.3, 0.4) is 0 Å². The summed E-state index contributed by atoms with van der Waals surface area (Å²) in [4.78, 5) is 6.58. The molecule has 1 aliphatic heterocycles. The standard InChI is InChI=1S/C28H34ClFN2O2Si/c1-20-17-32(18-21(2)34-20)27-25(31-16-24(30)26(27)29)19-33-35(28(3,4)5,22-12-8-6-9-13-22)23-14-10-7-11-15-23/h6-16,20-21H,17-19H2,1-5H3. The minimum atomic E-state index is -2.78. The lowest BCUT2D eigenvalue weighted by Crippen LogP contribution is -2.66. The van der Waals surface area contributed by atoms with E-state index < -0.39 is 14.1 Å². The number of anilines is 1. The van der Waals surface area contributed by atoms with Crippen molar-refractivity contribution in [1.82, 2.24) is 4.98 Å². The summed E-state index contributed by atoms with van der Waals surface area (Å²) in [5.74, 6) is -0.525. The molecule has 4 rings (SSSR count). The highest BCUT2D eigenvalue weighted by atomic mass is 35.5. The molecule has 2 atom stereocenters. The Hall–Kier alpha value is -2.25. The molecule has 2 aromatic carbocycles. The number of benzene rings is 2. The summed E-state index contributed by atoms with van der Waals surface area (Å²) in [5, 5.41) is 2.27. The predicted octanol–water partition coefficient (Wildman–Crippen LogP) is 5.56. The molecule has 2 unspecified atom stereocenters. The molecule has 0 aliphatic carbocycles. The van der Waals surface area contributed by atoms with Crippen LogP contribution in [0.5, 0.6) is 0 Å². The lowest BCUT2D eigenvalue weighted by molar-refractivity contribution is -0.00534. The maximum absolute atomic E-state index is 14.6. The third kappa shape index (κ3) is 5.17. The summed E-state index contributed by atoms with van der Waals surface area (Å²) >= 11 is 6.56. The summed E-state index contributed by atoms with van der Waals surface area (Å²) in [5.41, 5.74) is 1.25. The molecule has 0 amide bonds. The molecule has 3 aromatic rings. The van der Waals surface area contributed by atoms with Crippen molar-refractivity contribution >= 4 is 36.0 Å². The number of rotatable bonds is 6. The molecule has 0 bridgehead atoms. The van der Waals surface area contributed by atoms with Gasteiger partial charge in [0.05, 0.1) is 36.4 Å². The number of ether oxygens (including phenoxy) is 1. The molecular formula is C28H34ClFN2O2Si. The van der Waals surface area contributed by atoms with Crippen LogP contribution in [-0.4, -0.2) is 38.6 Å². The van der Waals surface area contributed by atoms with Crippen LogP contribution < -0.4 is 15.3 Å². The molecule has 0 spiro atoms. The lowest BCUT2D eigenvalue weighted by atomic mass is 10.2. The van der Waals surface area contributed by atoms with E-state index in [4.69, 9.17) is 20.8 Å². The van der Waals surface area contributed by atoms with Crippen molar-refractivity contribution in [2.45, 2.75) is 58.5 Å². The molecule has 1 fully saturated rings.